The van der Waals surface area contributed by atoms with Crippen molar-refractivity contribution in [2.75, 3.05) is 30.4 Å². The van der Waals surface area contributed by atoms with E-state index >= 15 is 0 Å². The van der Waals surface area contributed by atoms with E-state index in [2.05, 4.69) is 11.6 Å². The second-order valence-corrected chi connectivity index (χ2v) is 5.74. The van der Waals surface area contributed by atoms with E-state index < -0.39 is 0 Å². The number of likely N-dealkylation sites (tertiary alicyclic amines) is 1. The van der Waals surface area contributed by atoms with Crippen molar-refractivity contribution >= 4 is 23.5 Å². The summed E-state index contributed by atoms with van der Waals surface area (Å²) in [6, 6.07) is 7.82. The Bertz CT molecular complexity index is 422. The predicted octanol–water partition coefficient (Wildman–Crippen LogP) is 2.19. The largest absolute Gasteiger partial charge is 0.391 e. The highest BCUT2D eigenvalue weighted by Gasteiger charge is 2.24. The SMILES string of the molecule is CSCCc1ccc(NC(=O)N2CCC(O)C2)cc1. The third-order valence-corrected chi connectivity index (χ3v) is 3.86. The first kappa shape index (κ1) is 14.2. The monoisotopic (exact) mass is 280 g/mol. The van der Waals surface area contributed by atoms with Gasteiger partial charge in [-0.2, -0.15) is 11.8 Å². The quantitative estimate of drug-likeness (QED) is 0.889. The van der Waals surface area contributed by atoms with E-state index in [0.717, 1.165) is 17.9 Å². The van der Waals surface area contributed by atoms with Crippen molar-refractivity contribution in [1.82, 2.24) is 4.90 Å². The van der Waals surface area contributed by atoms with Crippen LogP contribution in [0.4, 0.5) is 10.5 Å². The summed E-state index contributed by atoms with van der Waals surface area (Å²) in [7, 11) is 0. The summed E-state index contributed by atoms with van der Waals surface area (Å²) in [5, 5.41) is 12.3. The highest BCUT2D eigenvalue weighted by molar-refractivity contribution is 7.98. The lowest BCUT2D eigenvalue weighted by Crippen LogP contribution is -2.33. The van der Waals surface area contributed by atoms with E-state index in [-0.39, 0.29) is 12.1 Å². The molecule has 2 N–H and O–H groups in total. The molecule has 1 saturated heterocycles. The molecular formula is C14H20N2O2S. The van der Waals surface area contributed by atoms with Crippen molar-refractivity contribution < 1.29 is 9.90 Å². The van der Waals surface area contributed by atoms with Crippen molar-refractivity contribution in [1.29, 1.82) is 0 Å². The van der Waals surface area contributed by atoms with Crippen LogP contribution in [0.1, 0.15) is 12.0 Å². The van der Waals surface area contributed by atoms with Gasteiger partial charge in [-0.15, -0.1) is 0 Å². The number of aliphatic hydroxyl groups excluding tert-OH is 1. The van der Waals surface area contributed by atoms with Gasteiger partial charge in [0.05, 0.1) is 6.10 Å². The van der Waals surface area contributed by atoms with Crippen molar-refractivity contribution in [3.8, 4) is 0 Å². The molecule has 2 rings (SSSR count). The number of hydrogen-bond acceptors (Lipinski definition) is 3. The van der Waals surface area contributed by atoms with Gasteiger partial charge in [-0.05, 0) is 42.5 Å². The number of aryl methyl sites for hydroxylation is 1. The summed E-state index contributed by atoms with van der Waals surface area (Å²) in [5.74, 6) is 1.11. The summed E-state index contributed by atoms with van der Waals surface area (Å²) >= 11 is 1.83. The molecule has 4 nitrogen and oxygen atoms in total. The van der Waals surface area contributed by atoms with Crippen LogP contribution >= 0.6 is 11.8 Å². The van der Waals surface area contributed by atoms with Crippen molar-refractivity contribution in [3.05, 3.63) is 29.8 Å². The molecule has 0 spiro atoms. The third kappa shape index (κ3) is 4.14. The van der Waals surface area contributed by atoms with Gasteiger partial charge in [-0.3, -0.25) is 0 Å². The Labute approximate surface area is 118 Å². The van der Waals surface area contributed by atoms with Crippen LogP contribution in [0.5, 0.6) is 0 Å². The zero-order chi connectivity index (χ0) is 13.7. The van der Waals surface area contributed by atoms with Crippen molar-refractivity contribution in [2.45, 2.75) is 18.9 Å². The molecular weight excluding hydrogens is 260 g/mol. The van der Waals surface area contributed by atoms with Gasteiger partial charge in [0, 0.05) is 18.8 Å². The zero-order valence-electron chi connectivity index (χ0n) is 11.1. The van der Waals surface area contributed by atoms with Gasteiger partial charge in [0.2, 0.25) is 0 Å². The molecule has 1 unspecified atom stereocenters. The van der Waals surface area contributed by atoms with Gasteiger partial charge >= 0.3 is 6.03 Å². The molecule has 19 heavy (non-hydrogen) atoms. The maximum absolute atomic E-state index is 11.9. The summed E-state index contributed by atoms with van der Waals surface area (Å²) in [6.45, 7) is 1.05. The lowest BCUT2D eigenvalue weighted by molar-refractivity contribution is 0.176. The van der Waals surface area contributed by atoms with Gasteiger partial charge in [-0.25, -0.2) is 4.79 Å². The average molecular weight is 280 g/mol. The Hall–Kier alpha value is -1.20. The van der Waals surface area contributed by atoms with Crippen LogP contribution in [0.2, 0.25) is 0 Å². The molecule has 1 aromatic carbocycles. The lowest BCUT2D eigenvalue weighted by Gasteiger charge is -2.16. The van der Waals surface area contributed by atoms with Crippen molar-refractivity contribution in [2.24, 2.45) is 0 Å². The van der Waals surface area contributed by atoms with Gasteiger partial charge in [0.1, 0.15) is 0 Å². The third-order valence-electron chi connectivity index (χ3n) is 3.25. The van der Waals surface area contributed by atoms with E-state index in [1.807, 2.05) is 36.0 Å². The highest BCUT2D eigenvalue weighted by atomic mass is 32.2. The summed E-state index contributed by atoms with van der Waals surface area (Å²) in [4.78, 5) is 13.6. The molecule has 0 bridgehead atoms. The molecule has 0 radical (unpaired) electrons. The first-order valence-corrected chi connectivity index (χ1v) is 7.90. The molecule has 0 aromatic heterocycles. The molecule has 0 saturated carbocycles. The number of β-amino-alcohol motifs (C(OH)–C–C–N with tert-alkyl or cyclic N) is 1. The fraction of sp³-hybridized carbons (Fsp3) is 0.500. The maximum atomic E-state index is 11.9. The second kappa shape index (κ2) is 6.82. The molecule has 1 aliphatic heterocycles. The van der Waals surface area contributed by atoms with E-state index in [1.165, 1.54) is 5.56 Å². The standard InChI is InChI=1S/C14H20N2O2S/c1-19-9-7-11-2-4-12(5-3-11)15-14(18)16-8-6-13(17)10-16/h2-5,13,17H,6-10H2,1H3,(H,15,18). The Morgan fingerprint density at radius 1 is 1.47 bits per heavy atom. The molecule has 2 amide bonds. The van der Waals surface area contributed by atoms with Gasteiger partial charge in [0.25, 0.3) is 0 Å². The average Bonchev–Trinajstić information content (AvgIpc) is 2.85. The van der Waals surface area contributed by atoms with Gasteiger partial charge in [0.15, 0.2) is 0 Å². The number of hydrogen-bond donors (Lipinski definition) is 2. The minimum atomic E-state index is -0.375. The van der Waals surface area contributed by atoms with Crippen LogP contribution in [0.25, 0.3) is 0 Å². The number of aliphatic hydroxyl groups is 1. The van der Waals surface area contributed by atoms with Crippen LogP contribution in [0.3, 0.4) is 0 Å². The number of carbonyl (C=O) groups is 1. The molecule has 1 aliphatic rings. The number of amides is 2. The molecule has 1 heterocycles. The first-order chi connectivity index (χ1) is 9.19. The van der Waals surface area contributed by atoms with E-state index in [1.54, 1.807) is 4.90 Å². The number of nitrogens with zero attached hydrogens (tertiary/aromatic N) is 1. The fourth-order valence-corrected chi connectivity index (χ4v) is 2.54. The van der Waals surface area contributed by atoms with Gasteiger partial charge < -0.3 is 15.3 Å². The van der Waals surface area contributed by atoms with Crippen LogP contribution in [0, 0.1) is 0 Å². The number of carbonyl (C=O) groups excluding carboxylic acids is 1. The Kier molecular flexibility index (Phi) is 5.10. The van der Waals surface area contributed by atoms with Gasteiger partial charge in [-0.1, -0.05) is 12.1 Å². The normalized spacial score (nSPS) is 18.6. The lowest BCUT2D eigenvalue weighted by atomic mass is 10.1. The molecule has 5 heteroatoms. The van der Waals surface area contributed by atoms with E-state index in [4.69, 9.17) is 0 Å². The predicted molar refractivity (Wildman–Crippen MR) is 79.7 cm³/mol. The zero-order valence-corrected chi connectivity index (χ0v) is 11.9. The minimum absolute atomic E-state index is 0.131. The number of benzene rings is 1. The molecule has 0 aliphatic carbocycles. The van der Waals surface area contributed by atoms with Crippen LogP contribution in [0.15, 0.2) is 24.3 Å². The Balaban J connectivity index is 1.87. The highest BCUT2D eigenvalue weighted by Crippen LogP contribution is 2.14. The van der Waals surface area contributed by atoms with Crippen LogP contribution < -0.4 is 5.32 Å². The van der Waals surface area contributed by atoms with E-state index in [0.29, 0.717) is 19.5 Å². The number of nitrogens with one attached hydrogen (secondary N) is 1. The summed E-state index contributed by atoms with van der Waals surface area (Å²) in [5.41, 5.74) is 2.09. The van der Waals surface area contributed by atoms with E-state index in [9.17, 15) is 9.90 Å². The number of rotatable bonds is 4. The molecule has 104 valence electrons. The molecule has 1 aromatic rings. The minimum Gasteiger partial charge on any atom is -0.391 e. The molecule has 1 fully saturated rings. The number of anilines is 1. The maximum Gasteiger partial charge on any atom is 0.321 e. The second-order valence-electron chi connectivity index (χ2n) is 4.76. The molecule has 1 atom stereocenters. The van der Waals surface area contributed by atoms with Crippen LogP contribution in [-0.2, 0) is 6.42 Å². The number of urea groups is 1. The number of thioether (sulfide) groups is 1. The summed E-state index contributed by atoms with van der Waals surface area (Å²) in [6.07, 6.45) is 3.44. The first-order valence-electron chi connectivity index (χ1n) is 6.51. The Morgan fingerprint density at radius 2 is 2.21 bits per heavy atom. The van der Waals surface area contributed by atoms with Crippen molar-refractivity contribution in [3.63, 3.8) is 0 Å². The van der Waals surface area contributed by atoms with Crippen LogP contribution in [-0.4, -0.2) is 47.2 Å². The Morgan fingerprint density at radius 3 is 2.79 bits per heavy atom. The topological polar surface area (TPSA) is 52.6 Å². The smallest absolute Gasteiger partial charge is 0.321 e. The summed E-state index contributed by atoms with van der Waals surface area (Å²) < 4.78 is 0. The fourth-order valence-electron chi connectivity index (χ4n) is 2.10.